The standard InChI is InChI=1S/C21H19FN4OS/c1-12-7-8-15(9-13(12)2)11-19(27)23-18-10-14(3)25-26(18)21-24-20-16(22)5-4-6-17(20)28-21/h4-10H,11H2,1-3H3,(H,23,27). The van der Waals surface area contributed by atoms with Crippen molar-refractivity contribution in [1.29, 1.82) is 0 Å². The van der Waals surface area contributed by atoms with E-state index in [1.807, 2.05) is 45.0 Å². The molecule has 5 nitrogen and oxygen atoms in total. The normalized spacial score (nSPS) is 11.1. The first-order valence-electron chi connectivity index (χ1n) is 8.89. The quantitative estimate of drug-likeness (QED) is 0.544. The Balaban J connectivity index is 1.61. The largest absolute Gasteiger partial charge is 0.310 e. The van der Waals surface area contributed by atoms with Gasteiger partial charge in [-0.3, -0.25) is 4.79 Å². The number of aromatic nitrogens is 3. The Kier molecular flexibility index (Phi) is 4.68. The first-order chi connectivity index (χ1) is 13.4. The van der Waals surface area contributed by atoms with E-state index in [1.54, 1.807) is 16.8 Å². The molecule has 28 heavy (non-hydrogen) atoms. The summed E-state index contributed by atoms with van der Waals surface area (Å²) in [6.45, 7) is 5.91. The predicted octanol–water partition coefficient (Wildman–Crippen LogP) is 4.73. The molecule has 0 saturated heterocycles. The molecule has 0 fully saturated rings. The molecule has 142 valence electrons. The maximum atomic E-state index is 14.0. The third kappa shape index (κ3) is 3.53. The van der Waals surface area contributed by atoms with E-state index in [9.17, 15) is 9.18 Å². The first-order valence-corrected chi connectivity index (χ1v) is 9.70. The number of benzene rings is 2. The van der Waals surface area contributed by atoms with Gasteiger partial charge in [-0.25, -0.2) is 9.37 Å². The zero-order valence-corrected chi connectivity index (χ0v) is 16.6. The van der Waals surface area contributed by atoms with Gasteiger partial charge in [-0.2, -0.15) is 9.78 Å². The van der Waals surface area contributed by atoms with Crippen molar-refractivity contribution in [3.05, 3.63) is 70.7 Å². The van der Waals surface area contributed by atoms with Crippen molar-refractivity contribution in [1.82, 2.24) is 14.8 Å². The van der Waals surface area contributed by atoms with Crippen LogP contribution in [-0.2, 0) is 11.2 Å². The number of anilines is 1. The Bertz CT molecular complexity index is 1190. The fourth-order valence-electron chi connectivity index (χ4n) is 3.01. The number of amides is 1. The Morgan fingerprint density at radius 3 is 2.71 bits per heavy atom. The SMILES string of the molecule is Cc1cc(NC(=O)Cc2ccc(C)c(C)c2)n(-c2nc3c(F)cccc3s2)n1. The number of halogens is 1. The van der Waals surface area contributed by atoms with Crippen molar-refractivity contribution in [2.24, 2.45) is 0 Å². The second-order valence-electron chi connectivity index (χ2n) is 6.81. The number of nitrogens with zero attached hydrogens (tertiary/aromatic N) is 3. The number of nitrogens with one attached hydrogen (secondary N) is 1. The number of carbonyl (C=O) groups is 1. The lowest BCUT2D eigenvalue weighted by Gasteiger charge is -2.08. The van der Waals surface area contributed by atoms with Gasteiger partial charge >= 0.3 is 0 Å². The van der Waals surface area contributed by atoms with Crippen LogP contribution in [0.3, 0.4) is 0 Å². The zero-order chi connectivity index (χ0) is 19.8. The van der Waals surface area contributed by atoms with Crippen molar-refractivity contribution >= 4 is 33.3 Å². The summed E-state index contributed by atoms with van der Waals surface area (Å²) in [5, 5.41) is 7.83. The van der Waals surface area contributed by atoms with Crippen LogP contribution in [0.2, 0.25) is 0 Å². The molecule has 0 aliphatic rings. The summed E-state index contributed by atoms with van der Waals surface area (Å²) in [6, 6.07) is 12.6. The molecule has 0 unspecified atom stereocenters. The van der Waals surface area contributed by atoms with Gasteiger partial charge in [0, 0.05) is 6.07 Å². The Labute approximate surface area is 165 Å². The lowest BCUT2D eigenvalue weighted by Crippen LogP contribution is -2.17. The third-order valence-electron chi connectivity index (χ3n) is 4.57. The molecule has 2 aromatic heterocycles. The van der Waals surface area contributed by atoms with Gasteiger partial charge in [-0.1, -0.05) is 35.6 Å². The molecule has 2 aromatic carbocycles. The molecule has 0 bridgehead atoms. The first kappa shape index (κ1) is 18.3. The second kappa shape index (κ2) is 7.16. The molecule has 0 saturated carbocycles. The van der Waals surface area contributed by atoms with Crippen LogP contribution in [0.15, 0.2) is 42.5 Å². The third-order valence-corrected chi connectivity index (χ3v) is 5.57. The van der Waals surface area contributed by atoms with E-state index >= 15 is 0 Å². The molecule has 0 spiro atoms. The van der Waals surface area contributed by atoms with Crippen LogP contribution < -0.4 is 5.32 Å². The van der Waals surface area contributed by atoms with Crippen LogP contribution in [0.25, 0.3) is 15.3 Å². The lowest BCUT2D eigenvalue weighted by molar-refractivity contribution is -0.115. The van der Waals surface area contributed by atoms with Crippen molar-refractivity contribution in [2.75, 3.05) is 5.32 Å². The van der Waals surface area contributed by atoms with Crippen LogP contribution in [0, 0.1) is 26.6 Å². The molecule has 2 heterocycles. The van der Waals surface area contributed by atoms with Gasteiger partial charge in [0.25, 0.3) is 0 Å². The van der Waals surface area contributed by atoms with E-state index in [2.05, 4.69) is 15.4 Å². The highest BCUT2D eigenvalue weighted by molar-refractivity contribution is 7.20. The van der Waals surface area contributed by atoms with Gasteiger partial charge in [0.1, 0.15) is 17.2 Å². The minimum absolute atomic E-state index is 0.142. The second-order valence-corrected chi connectivity index (χ2v) is 7.82. The summed E-state index contributed by atoms with van der Waals surface area (Å²) in [5.41, 5.74) is 4.35. The van der Waals surface area contributed by atoms with Gasteiger partial charge in [-0.05, 0) is 49.6 Å². The summed E-state index contributed by atoms with van der Waals surface area (Å²) < 4.78 is 16.3. The number of hydrogen-bond donors (Lipinski definition) is 1. The molecule has 0 radical (unpaired) electrons. The molecule has 1 amide bonds. The van der Waals surface area contributed by atoms with Gasteiger partial charge in [0.15, 0.2) is 0 Å². The summed E-state index contributed by atoms with van der Waals surface area (Å²) in [6.07, 6.45) is 0.264. The molecule has 1 N–H and O–H groups in total. The molecule has 4 aromatic rings. The number of hydrogen-bond acceptors (Lipinski definition) is 4. The Hall–Kier alpha value is -3.06. The molecule has 4 rings (SSSR count). The maximum absolute atomic E-state index is 14.0. The van der Waals surface area contributed by atoms with Crippen LogP contribution in [0.4, 0.5) is 10.2 Å². The summed E-state index contributed by atoms with van der Waals surface area (Å²) in [7, 11) is 0. The fourth-order valence-corrected chi connectivity index (χ4v) is 3.96. The molecule has 0 atom stereocenters. The van der Waals surface area contributed by atoms with Crippen LogP contribution >= 0.6 is 11.3 Å². The summed E-state index contributed by atoms with van der Waals surface area (Å²) >= 11 is 1.32. The topological polar surface area (TPSA) is 59.8 Å². The van der Waals surface area contributed by atoms with E-state index in [-0.39, 0.29) is 18.1 Å². The molecular formula is C21H19FN4OS. The minimum Gasteiger partial charge on any atom is -0.310 e. The number of fused-ring (bicyclic) bond motifs is 1. The molecule has 0 aliphatic carbocycles. The van der Waals surface area contributed by atoms with E-state index in [0.717, 1.165) is 21.5 Å². The van der Waals surface area contributed by atoms with E-state index in [4.69, 9.17) is 0 Å². The lowest BCUT2D eigenvalue weighted by atomic mass is 10.0. The van der Waals surface area contributed by atoms with Crippen molar-refractivity contribution in [3.8, 4) is 5.13 Å². The van der Waals surface area contributed by atoms with E-state index in [1.165, 1.54) is 23.0 Å². The molecule has 7 heteroatoms. The van der Waals surface area contributed by atoms with Gasteiger partial charge in [0.2, 0.25) is 11.0 Å². The number of thiazole rings is 1. The van der Waals surface area contributed by atoms with Crippen molar-refractivity contribution < 1.29 is 9.18 Å². The number of carbonyl (C=O) groups excluding carboxylic acids is 1. The zero-order valence-electron chi connectivity index (χ0n) is 15.8. The van der Waals surface area contributed by atoms with Gasteiger partial charge in [-0.15, -0.1) is 0 Å². The van der Waals surface area contributed by atoms with Crippen LogP contribution in [0.1, 0.15) is 22.4 Å². The highest BCUT2D eigenvalue weighted by Gasteiger charge is 2.16. The number of aryl methyl sites for hydroxylation is 3. The monoisotopic (exact) mass is 394 g/mol. The Morgan fingerprint density at radius 2 is 1.96 bits per heavy atom. The highest BCUT2D eigenvalue weighted by atomic mass is 32.1. The molecule has 0 aliphatic heterocycles. The summed E-state index contributed by atoms with van der Waals surface area (Å²) in [5.74, 6) is 0.00620. The van der Waals surface area contributed by atoms with E-state index in [0.29, 0.717) is 16.5 Å². The number of rotatable bonds is 4. The van der Waals surface area contributed by atoms with Gasteiger partial charge < -0.3 is 5.32 Å². The average Bonchev–Trinajstić information content (AvgIpc) is 3.22. The van der Waals surface area contributed by atoms with E-state index < -0.39 is 0 Å². The summed E-state index contributed by atoms with van der Waals surface area (Å²) in [4.78, 5) is 16.9. The van der Waals surface area contributed by atoms with Crippen LogP contribution in [0.5, 0.6) is 0 Å². The number of para-hydroxylation sites is 1. The average molecular weight is 394 g/mol. The minimum atomic E-state index is -0.371. The van der Waals surface area contributed by atoms with Gasteiger partial charge in [0.05, 0.1) is 16.8 Å². The van der Waals surface area contributed by atoms with Crippen LogP contribution in [-0.4, -0.2) is 20.7 Å². The van der Waals surface area contributed by atoms with Crippen molar-refractivity contribution in [3.63, 3.8) is 0 Å². The highest BCUT2D eigenvalue weighted by Crippen LogP contribution is 2.28. The van der Waals surface area contributed by atoms with Crippen molar-refractivity contribution in [2.45, 2.75) is 27.2 Å². The fraction of sp³-hybridized carbons (Fsp3) is 0.190. The maximum Gasteiger partial charge on any atom is 0.229 e. The smallest absolute Gasteiger partial charge is 0.229 e. The Morgan fingerprint density at radius 1 is 1.14 bits per heavy atom. The predicted molar refractivity (Wildman–Crippen MR) is 110 cm³/mol. The molecular weight excluding hydrogens is 375 g/mol.